The highest BCUT2D eigenvalue weighted by molar-refractivity contribution is 7.98. The first kappa shape index (κ1) is 10.9. The molecule has 0 unspecified atom stereocenters. The van der Waals surface area contributed by atoms with Gasteiger partial charge in [-0.25, -0.2) is 0 Å². The van der Waals surface area contributed by atoms with Gasteiger partial charge >= 0.3 is 0 Å². The molecule has 1 aliphatic carbocycles. The van der Waals surface area contributed by atoms with Gasteiger partial charge in [-0.1, -0.05) is 0 Å². The maximum atomic E-state index is 11.1. The number of nitrogens with one attached hydrogen (secondary N) is 2. The Morgan fingerprint density at radius 3 is 2.85 bits per heavy atom. The molecule has 1 rings (SSSR count). The van der Waals surface area contributed by atoms with E-state index in [0.717, 1.165) is 24.9 Å². The summed E-state index contributed by atoms with van der Waals surface area (Å²) in [6, 6.07) is 0.739. The monoisotopic (exact) mass is 202 g/mol. The van der Waals surface area contributed by atoms with Gasteiger partial charge in [0.2, 0.25) is 5.91 Å². The topological polar surface area (TPSA) is 41.1 Å². The second-order valence-corrected chi connectivity index (χ2v) is 4.31. The summed E-state index contributed by atoms with van der Waals surface area (Å²) >= 11 is 1.71. The maximum absolute atomic E-state index is 11.1. The quantitative estimate of drug-likeness (QED) is 0.594. The third-order valence-electron chi connectivity index (χ3n) is 1.99. The van der Waals surface area contributed by atoms with Gasteiger partial charge in [0.25, 0.3) is 0 Å². The highest BCUT2D eigenvalue weighted by Gasteiger charge is 2.19. The van der Waals surface area contributed by atoms with Crippen LogP contribution in [0.2, 0.25) is 0 Å². The molecule has 0 aromatic heterocycles. The number of rotatable bonds is 7. The predicted octanol–water partition coefficient (Wildman–Crippen LogP) is 0.608. The van der Waals surface area contributed by atoms with Gasteiger partial charge in [-0.2, -0.15) is 11.8 Å². The fourth-order valence-corrected chi connectivity index (χ4v) is 1.44. The lowest BCUT2D eigenvalue weighted by Crippen LogP contribution is -2.32. The Morgan fingerprint density at radius 2 is 2.23 bits per heavy atom. The Hall–Kier alpha value is -0.220. The molecule has 0 aromatic rings. The van der Waals surface area contributed by atoms with Crippen molar-refractivity contribution < 1.29 is 4.79 Å². The first-order valence-electron chi connectivity index (χ1n) is 4.82. The van der Waals surface area contributed by atoms with E-state index in [2.05, 4.69) is 10.6 Å². The number of carbonyl (C=O) groups is 1. The Morgan fingerprint density at radius 1 is 1.46 bits per heavy atom. The third-order valence-corrected chi connectivity index (χ3v) is 2.60. The van der Waals surface area contributed by atoms with Crippen molar-refractivity contribution in [2.45, 2.75) is 25.3 Å². The van der Waals surface area contributed by atoms with Crippen LogP contribution >= 0.6 is 11.8 Å². The van der Waals surface area contributed by atoms with Crippen molar-refractivity contribution in [3.05, 3.63) is 0 Å². The smallest absolute Gasteiger partial charge is 0.220 e. The number of hydrogen-bond donors (Lipinski definition) is 2. The van der Waals surface area contributed by atoms with Crippen molar-refractivity contribution in [1.29, 1.82) is 0 Å². The fourth-order valence-electron chi connectivity index (χ4n) is 1.05. The summed E-state index contributed by atoms with van der Waals surface area (Å²) in [5, 5.41) is 6.23. The van der Waals surface area contributed by atoms with Crippen LogP contribution in [0.1, 0.15) is 19.3 Å². The zero-order valence-electron chi connectivity index (χ0n) is 8.14. The Kier molecular flexibility index (Phi) is 5.23. The SMILES string of the molecule is CSCCC(=O)NCCNC1CC1. The number of carbonyl (C=O) groups excluding carboxylic acids is 1. The van der Waals surface area contributed by atoms with Gasteiger partial charge in [-0.3, -0.25) is 4.79 Å². The van der Waals surface area contributed by atoms with Gasteiger partial charge in [-0.05, 0) is 19.1 Å². The molecule has 0 atom stereocenters. The third kappa shape index (κ3) is 5.93. The number of hydrogen-bond acceptors (Lipinski definition) is 3. The molecule has 3 nitrogen and oxygen atoms in total. The predicted molar refractivity (Wildman–Crippen MR) is 57.0 cm³/mol. The van der Waals surface area contributed by atoms with Crippen molar-refractivity contribution in [3.8, 4) is 0 Å². The number of thioether (sulfide) groups is 1. The van der Waals surface area contributed by atoms with Crippen molar-refractivity contribution in [3.63, 3.8) is 0 Å². The van der Waals surface area contributed by atoms with E-state index in [-0.39, 0.29) is 5.91 Å². The summed E-state index contributed by atoms with van der Waals surface area (Å²) in [5.74, 6) is 1.09. The molecular weight excluding hydrogens is 184 g/mol. The van der Waals surface area contributed by atoms with E-state index in [1.54, 1.807) is 11.8 Å². The highest BCUT2D eigenvalue weighted by Crippen LogP contribution is 2.17. The van der Waals surface area contributed by atoms with E-state index < -0.39 is 0 Å². The molecular formula is C9H18N2OS. The van der Waals surface area contributed by atoms with E-state index in [4.69, 9.17) is 0 Å². The van der Waals surface area contributed by atoms with Gasteiger partial charge in [0.05, 0.1) is 0 Å². The van der Waals surface area contributed by atoms with E-state index in [1.807, 2.05) is 6.26 Å². The van der Waals surface area contributed by atoms with Crippen molar-refractivity contribution in [2.75, 3.05) is 25.1 Å². The fraction of sp³-hybridized carbons (Fsp3) is 0.889. The van der Waals surface area contributed by atoms with E-state index in [0.29, 0.717) is 6.42 Å². The molecule has 1 aliphatic rings. The van der Waals surface area contributed by atoms with Crippen LogP contribution in [0.5, 0.6) is 0 Å². The zero-order valence-corrected chi connectivity index (χ0v) is 8.95. The van der Waals surface area contributed by atoms with Crippen molar-refractivity contribution in [2.24, 2.45) is 0 Å². The Labute approximate surface area is 84.0 Å². The van der Waals surface area contributed by atoms with Crippen LogP contribution in [-0.4, -0.2) is 37.0 Å². The molecule has 2 N–H and O–H groups in total. The van der Waals surface area contributed by atoms with Gasteiger partial charge in [0.1, 0.15) is 0 Å². The second-order valence-electron chi connectivity index (χ2n) is 3.32. The average Bonchev–Trinajstić information content (AvgIpc) is 2.92. The Balaban J connectivity index is 1.82. The van der Waals surface area contributed by atoms with Crippen molar-refractivity contribution in [1.82, 2.24) is 10.6 Å². The van der Waals surface area contributed by atoms with Crippen LogP contribution in [0.3, 0.4) is 0 Å². The molecule has 0 aromatic carbocycles. The molecule has 76 valence electrons. The first-order chi connectivity index (χ1) is 6.33. The minimum absolute atomic E-state index is 0.173. The molecule has 0 bridgehead atoms. The van der Waals surface area contributed by atoms with Crippen LogP contribution in [0.15, 0.2) is 0 Å². The highest BCUT2D eigenvalue weighted by atomic mass is 32.2. The summed E-state index contributed by atoms with van der Waals surface area (Å²) in [7, 11) is 0. The maximum Gasteiger partial charge on any atom is 0.220 e. The summed E-state index contributed by atoms with van der Waals surface area (Å²) in [6.07, 6.45) is 5.27. The van der Waals surface area contributed by atoms with Crippen LogP contribution in [0, 0.1) is 0 Å². The first-order valence-corrected chi connectivity index (χ1v) is 6.21. The minimum atomic E-state index is 0.173. The Bertz CT molecular complexity index is 160. The molecule has 1 saturated carbocycles. The largest absolute Gasteiger partial charge is 0.355 e. The van der Waals surface area contributed by atoms with Gasteiger partial charge in [0, 0.05) is 31.3 Å². The zero-order chi connectivity index (χ0) is 9.52. The minimum Gasteiger partial charge on any atom is -0.355 e. The molecule has 0 radical (unpaired) electrons. The lowest BCUT2D eigenvalue weighted by molar-refractivity contribution is -0.120. The molecule has 4 heteroatoms. The molecule has 0 spiro atoms. The molecule has 0 heterocycles. The molecule has 13 heavy (non-hydrogen) atoms. The second kappa shape index (κ2) is 6.27. The summed E-state index contributed by atoms with van der Waals surface area (Å²) in [4.78, 5) is 11.1. The number of amides is 1. The molecule has 1 fully saturated rings. The van der Waals surface area contributed by atoms with Crippen LogP contribution < -0.4 is 10.6 Å². The summed E-state index contributed by atoms with van der Waals surface area (Å²) in [6.45, 7) is 1.68. The van der Waals surface area contributed by atoms with E-state index >= 15 is 0 Å². The molecule has 0 saturated heterocycles. The lowest BCUT2D eigenvalue weighted by Gasteiger charge is -2.04. The van der Waals surface area contributed by atoms with Gasteiger partial charge < -0.3 is 10.6 Å². The summed E-state index contributed by atoms with van der Waals surface area (Å²) < 4.78 is 0. The molecule has 0 aliphatic heterocycles. The van der Waals surface area contributed by atoms with Crippen molar-refractivity contribution >= 4 is 17.7 Å². The summed E-state index contributed by atoms with van der Waals surface area (Å²) in [5.41, 5.74) is 0. The van der Waals surface area contributed by atoms with Crippen LogP contribution in [-0.2, 0) is 4.79 Å². The van der Waals surface area contributed by atoms with E-state index in [9.17, 15) is 4.79 Å². The average molecular weight is 202 g/mol. The molecule has 1 amide bonds. The standard InChI is InChI=1S/C9H18N2OS/c1-13-7-4-9(12)11-6-5-10-8-2-3-8/h8,10H,2-7H2,1H3,(H,11,12). The van der Waals surface area contributed by atoms with Crippen LogP contribution in [0.4, 0.5) is 0 Å². The lowest BCUT2D eigenvalue weighted by atomic mass is 10.4. The van der Waals surface area contributed by atoms with Crippen LogP contribution in [0.25, 0.3) is 0 Å². The van der Waals surface area contributed by atoms with Gasteiger partial charge in [0.15, 0.2) is 0 Å². The normalized spacial score (nSPS) is 15.8. The van der Waals surface area contributed by atoms with E-state index in [1.165, 1.54) is 12.8 Å². The van der Waals surface area contributed by atoms with Gasteiger partial charge in [-0.15, -0.1) is 0 Å².